The first kappa shape index (κ1) is 12.8. The van der Waals surface area contributed by atoms with Gasteiger partial charge in [0.1, 0.15) is 5.88 Å². The van der Waals surface area contributed by atoms with Gasteiger partial charge in [0.25, 0.3) is 0 Å². The molecule has 0 saturated heterocycles. The summed E-state index contributed by atoms with van der Waals surface area (Å²) in [5.74, 6) is 0.00362. The summed E-state index contributed by atoms with van der Waals surface area (Å²) < 4.78 is 0. The Morgan fingerprint density at radius 3 is 2.62 bits per heavy atom. The molecule has 0 aromatic carbocycles. The van der Waals surface area contributed by atoms with E-state index in [4.69, 9.17) is 11.6 Å². The third kappa shape index (κ3) is 8.10. The third-order valence-corrected chi connectivity index (χ3v) is 2.26. The maximum Gasteiger partial charge on any atom is 0.235 e. The number of carbonyl (C=O) groups excluding carboxylic acids is 1. The number of rotatable bonds is 7. The van der Waals surface area contributed by atoms with Crippen LogP contribution >= 0.6 is 11.6 Å². The molecule has 78 valence electrons. The molecule has 0 aliphatic heterocycles. The van der Waals surface area contributed by atoms with Crippen LogP contribution in [0.2, 0.25) is 0 Å². The van der Waals surface area contributed by atoms with Gasteiger partial charge < -0.3 is 5.32 Å². The molecule has 0 radical (unpaired) electrons. The molecule has 3 heteroatoms. The predicted octanol–water partition coefficient (Wildman–Crippen LogP) is 2.70. The average molecular weight is 206 g/mol. The largest absolute Gasteiger partial charge is 0.353 e. The minimum absolute atomic E-state index is 0.0651. The lowest BCUT2D eigenvalue weighted by Gasteiger charge is -2.12. The van der Waals surface area contributed by atoms with Gasteiger partial charge >= 0.3 is 0 Å². The number of unbranched alkanes of at least 4 members (excludes halogenated alkanes) is 3. The van der Waals surface area contributed by atoms with E-state index >= 15 is 0 Å². The Balaban J connectivity index is 3.29. The number of alkyl halides is 1. The topological polar surface area (TPSA) is 29.1 Å². The first-order valence-electron chi connectivity index (χ1n) is 5.06. The Labute approximate surface area is 86.0 Å². The molecule has 1 atom stereocenters. The molecule has 1 N–H and O–H groups in total. The molecule has 0 heterocycles. The summed E-state index contributed by atoms with van der Waals surface area (Å²) in [6.45, 7) is 4.22. The monoisotopic (exact) mass is 205 g/mol. The van der Waals surface area contributed by atoms with E-state index < -0.39 is 0 Å². The molecule has 0 aromatic rings. The van der Waals surface area contributed by atoms with Crippen LogP contribution in [0.25, 0.3) is 0 Å². The van der Waals surface area contributed by atoms with E-state index in [1.54, 1.807) is 0 Å². The van der Waals surface area contributed by atoms with Crippen molar-refractivity contribution in [2.75, 3.05) is 5.88 Å². The molecule has 1 amide bonds. The summed E-state index contributed by atoms with van der Waals surface area (Å²) in [5.41, 5.74) is 0. The van der Waals surface area contributed by atoms with Crippen molar-refractivity contribution in [3.63, 3.8) is 0 Å². The van der Waals surface area contributed by atoms with Gasteiger partial charge in [-0.05, 0) is 13.3 Å². The van der Waals surface area contributed by atoms with Crippen molar-refractivity contribution in [3.8, 4) is 0 Å². The van der Waals surface area contributed by atoms with Crippen molar-refractivity contribution in [1.29, 1.82) is 0 Å². The molecule has 0 spiro atoms. The molecule has 0 rings (SSSR count). The van der Waals surface area contributed by atoms with Gasteiger partial charge in [0.05, 0.1) is 0 Å². The number of nitrogens with one attached hydrogen (secondary N) is 1. The lowest BCUT2D eigenvalue weighted by molar-refractivity contribution is -0.119. The molecule has 0 aromatic heterocycles. The zero-order valence-electron chi connectivity index (χ0n) is 8.61. The summed E-state index contributed by atoms with van der Waals surface area (Å²) in [6, 6.07) is 0.267. The highest BCUT2D eigenvalue weighted by Crippen LogP contribution is 2.04. The second-order valence-corrected chi connectivity index (χ2v) is 3.72. The second kappa shape index (κ2) is 8.36. The molecule has 0 bridgehead atoms. The molecule has 0 fully saturated rings. The summed E-state index contributed by atoms with van der Waals surface area (Å²) in [6.07, 6.45) is 6.05. The van der Waals surface area contributed by atoms with E-state index in [0.717, 1.165) is 6.42 Å². The Bertz CT molecular complexity index is 139. The molecule has 2 nitrogen and oxygen atoms in total. The van der Waals surface area contributed by atoms with E-state index in [1.807, 2.05) is 6.92 Å². The smallest absolute Gasteiger partial charge is 0.235 e. The highest BCUT2D eigenvalue weighted by molar-refractivity contribution is 6.27. The minimum atomic E-state index is -0.0651. The van der Waals surface area contributed by atoms with E-state index in [0.29, 0.717) is 0 Å². The SMILES string of the molecule is CCCCCC[C@@H](C)NC(=O)CCl. The van der Waals surface area contributed by atoms with Crippen LogP contribution in [0.4, 0.5) is 0 Å². The Kier molecular flexibility index (Phi) is 8.21. The minimum Gasteiger partial charge on any atom is -0.353 e. The van der Waals surface area contributed by atoms with Gasteiger partial charge in [-0.1, -0.05) is 32.6 Å². The molecule has 0 saturated carbocycles. The number of carbonyl (C=O) groups is 1. The van der Waals surface area contributed by atoms with Gasteiger partial charge in [-0.3, -0.25) is 4.79 Å². The van der Waals surface area contributed by atoms with E-state index in [9.17, 15) is 4.79 Å². The molecule has 0 unspecified atom stereocenters. The molecule has 13 heavy (non-hydrogen) atoms. The fourth-order valence-electron chi connectivity index (χ4n) is 1.26. The predicted molar refractivity (Wildman–Crippen MR) is 57.1 cm³/mol. The summed E-state index contributed by atoms with van der Waals surface area (Å²) >= 11 is 5.37. The number of hydrogen-bond acceptors (Lipinski definition) is 1. The number of halogens is 1. The van der Waals surface area contributed by atoms with E-state index in [1.165, 1.54) is 25.7 Å². The summed E-state index contributed by atoms with van der Waals surface area (Å²) in [4.78, 5) is 10.9. The zero-order valence-corrected chi connectivity index (χ0v) is 9.36. The van der Waals surface area contributed by atoms with Crippen LogP contribution in [-0.4, -0.2) is 17.8 Å². The maximum atomic E-state index is 10.9. The van der Waals surface area contributed by atoms with Gasteiger partial charge in [0, 0.05) is 6.04 Å². The van der Waals surface area contributed by atoms with Crippen molar-refractivity contribution in [3.05, 3.63) is 0 Å². The van der Waals surface area contributed by atoms with Crippen molar-refractivity contribution in [2.45, 2.75) is 52.0 Å². The Hall–Kier alpha value is -0.240. The van der Waals surface area contributed by atoms with Gasteiger partial charge in [-0.15, -0.1) is 11.6 Å². The van der Waals surface area contributed by atoms with Crippen molar-refractivity contribution in [2.24, 2.45) is 0 Å². The van der Waals surface area contributed by atoms with Crippen LogP contribution in [0.5, 0.6) is 0 Å². The zero-order chi connectivity index (χ0) is 10.1. The van der Waals surface area contributed by atoms with E-state index in [-0.39, 0.29) is 17.8 Å². The summed E-state index contributed by atoms with van der Waals surface area (Å²) in [5, 5.41) is 2.84. The van der Waals surface area contributed by atoms with Crippen LogP contribution in [0.1, 0.15) is 46.0 Å². The molecular formula is C10H20ClNO. The van der Waals surface area contributed by atoms with Crippen molar-refractivity contribution >= 4 is 17.5 Å². The Morgan fingerprint density at radius 1 is 1.38 bits per heavy atom. The quantitative estimate of drug-likeness (QED) is 0.503. The van der Waals surface area contributed by atoms with E-state index in [2.05, 4.69) is 12.2 Å². The average Bonchev–Trinajstić information content (AvgIpc) is 2.12. The number of amides is 1. The fourth-order valence-corrected chi connectivity index (χ4v) is 1.34. The molecule has 0 aliphatic rings. The van der Waals surface area contributed by atoms with Gasteiger partial charge in [0.2, 0.25) is 5.91 Å². The van der Waals surface area contributed by atoms with Crippen LogP contribution in [0, 0.1) is 0 Å². The summed E-state index contributed by atoms with van der Waals surface area (Å²) in [7, 11) is 0. The Morgan fingerprint density at radius 2 is 2.08 bits per heavy atom. The molecule has 0 aliphatic carbocycles. The van der Waals surface area contributed by atoms with Gasteiger partial charge in [0.15, 0.2) is 0 Å². The lowest BCUT2D eigenvalue weighted by Crippen LogP contribution is -2.33. The van der Waals surface area contributed by atoms with Crippen LogP contribution in [0.15, 0.2) is 0 Å². The number of hydrogen-bond donors (Lipinski definition) is 1. The maximum absolute atomic E-state index is 10.9. The highest BCUT2D eigenvalue weighted by atomic mass is 35.5. The standard InChI is InChI=1S/C10H20ClNO/c1-3-4-5-6-7-9(2)12-10(13)8-11/h9H,3-8H2,1-2H3,(H,12,13)/t9-/m1/s1. The van der Waals surface area contributed by atoms with Crippen molar-refractivity contribution < 1.29 is 4.79 Å². The van der Waals surface area contributed by atoms with Gasteiger partial charge in [-0.25, -0.2) is 0 Å². The lowest BCUT2D eigenvalue weighted by atomic mass is 10.1. The van der Waals surface area contributed by atoms with Crippen molar-refractivity contribution in [1.82, 2.24) is 5.32 Å². The van der Waals surface area contributed by atoms with Crippen LogP contribution < -0.4 is 5.32 Å². The third-order valence-electron chi connectivity index (χ3n) is 2.02. The fraction of sp³-hybridized carbons (Fsp3) is 0.900. The molecular weight excluding hydrogens is 186 g/mol. The normalized spacial score (nSPS) is 12.5. The van der Waals surface area contributed by atoms with Gasteiger partial charge in [-0.2, -0.15) is 0 Å². The van der Waals surface area contributed by atoms with Crippen LogP contribution in [0.3, 0.4) is 0 Å². The first-order chi connectivity index (χ1) is 6.20. The highest BCUT2D eigenvalue weighted by Gasteiger charge is 2.04. The first-order valence-corrected chi connectivity index (χ1v) is 5.59. The second-order valence-electron chi connectivity index (χ2n) is 3.45. The van der Waals surface area contributed by atoms with Crippen LogP contribution in [-0.2, 0) is 4.79 Å².